The maximum atomic E-state index is 13.2. The van der Waals surface area contributed by atoms with Crippen molar-refractivity contribution in [2.75, 3.05) is 5.73 Å². The van der Waals surface area contributed by atoms with E-state index in [2.05, 4.69) is 32.6 Å². The van der Waals surface area contributed by atoms with Gasteiger partial charge >= 0.3 is 0 Å². The molecule has 4 aromatic rings. The third-order valence-corrected chi connectivity index (χ3v) is 6.41. The molecule has 2 aromatic heterocycles. The molecular formula is C18H13IN4O2S. The quantitative estimate of drug-likeness (QED) is 0.457. The van der Waals surface area contributed by atoms with Crippen LogP contribution in [0.3, 0.4) is 0 Å². The van der Waals surface area contributed by atoms with Crippen LogP contribution in [0, 0.1) is 3.57 Å². The van der Waals surface area contributed by atoms with E-state index in [0.29, 0.717) is 16.8 Å². The fraction of sp³-hybridized carbons (Fsp3) is 0. The highest BCUT2D eigenvalue weighted by molar-refractivity contribution is 14.1. The first-order valence-corrected chi connectivity index (χ1v) is 10.2. The maximum Gasteiger partial charge on any atom is 0.268 e. The summed E-state index contributed by atoms with van der Waals surface area (Å²) in [5, 5.41) is 0.777. The molecule has 130 valence electrons. The second-order valence-electron chi connectivity index (χ2n) is 5.61. The van der Waals surface area contributed by atoms with E-state index in [1.165, 1.54) is 3.97 Å². The van der Waals surface area contributed by atoms with Gasteiger partial charge in [0.15, 0.2) is 0 Å². The third kappa shape index (κ3) is 2.84. The number of nitrogens with zero attached hydrogens (tertiary/aromatic N) is 3. The highest BCUT2D eigenvalue weighted by atomic mass is 127. The Balaban J connectivity index is 1.98. The zero-order valence-electron chi connectivity index (χ0n) is 13.4. The van der Waals surface area contributed by atoms with E-state index in [4.69, 9.17) is 5.73 Å². The molecule has 26 heavy (non-hydrogen) atoms. The van der Waals surface area contributed by atoms with Crippen molar-refractivity contribution in [3.63, 3.8) is 0 Å². The summed E-state index contributed by atoms with van der Waals surface area (Å²) < 4.78 is 28.6. The number of fused-ring (bicyclic) bond motifs is 1. The summed E-state index contributed by atoms with van der Waals surface area (Å²) >= 11 is 2.14. The van der Waals surface area contributed by atoms with Crippen LogP contribution in [0.25, 0.3) is 22.2 Å². The molecule has 0 fully saturated rings. The third-order valence-electron chi connectivity index (χ3n) is 4.00. The molecule has 0 spiro atoms. The van der Waals surface area contributed by atoms with Gasteiger partial charge in [-0.15, -0.1) is 0 Å². The average molecular weight is 476 g/mol. The molecule has 0 saturated carbocycles. The van der Waals surface area contributed by atoms with Crippen molar-refractivity contribution >= 4 is 49.5 Å². The number of halogens is 1. The molecule has 4 rings (SSSR count). The predicted molar refractivity (Wildman–Crippen MR) is 109 cm³/mol. The van der Waals surface area contributed by atoms with Crippen LogP contribution in [0.15, 0.2) is 71.9 Å². The molecule has 2 aromatic carbocycles. The van der Waals surface area contributed by atoms with E-state index < -0.39 is 10.0 Å². The lowest BCUT2D eigenvalue weighted by Crippen LogP contribution is -2.11. The summed E-state index contributed by atoms with van der Waals surface area (Å²) in [6, 6.07) is 15.8. The molecule has 8 heteroatoms. The summed E-state index contributed by atoms with van der Waals surface area (Å²) in [7, 11) is -3.74. The van der Waals surface area contributed by atoms with Gasteiger partial charge in [0.05, 0.1) is 16.1 Å². The standard InChI is InChI=1S/C18H13IN4O2S/c19-12-5-7-13(8-6-12)26(24,25)23-11-15(14-3-1-2-4-17(14)23)16-9-10-21-18(20)22-16/h1-11H,(H2,20,21,22). The van der Waals surface area contributed by atoms with Crippen LogP contribution in [-0.2, 0) is 10.0 Å². The highest BCUT2D eigenvalue weighted by Crippen LogP contribution is 2.32. The van der Waals surface area contributed by atoms with Gasteiger partial charge < -0.3 is 5.73 Å². The van der Waals surface area contributed by atoms with E-state index in [1.807, 2.05) is 12.1 Å². The summed E-state index contributed by atoms with van der Waals surface area (Å²) in [5.41, 5.74) is 7.53. The SMILES string of the molecule is Nc1nccc(-c2cn(S(=O)(=O)c3ccc(I)cc3)c3ccccc23)n1. The van der Waals surface area contributed by atoms with Crippen LogP contribution in [0.1, 0.15) is 0 Å². The van der Waals surface area contributed by atoms with Gasteiger partial charge in [0.1, 0.15) is 0 Å². The molecule has 0 aliphatic heterocycles. The number of aromatic nitrogens is 3. The Kier molecular flexibility index (Phi) is 4.16. The van der Waals surface area contributed by atoms with E-state index in [0.717, 1.165) is 8.96 Å². The Hall–Kier alpha value is -2.46. The normalized spacial score (nSPS) is 11.7. The lowest BCUT2D eigenvalue weighted by molar-refractivity contribution is 0.589. The number of nitrogens with two attached hydrogens (primary N) is 1. The van der Waals surface area contributed by atoms with Crippen molar-refractivity contribution < 1.29 is 8.42 Å². The van der Waals surface area contributed by atoms with E-state index in [9.17, 15) is 8.42 Å². The molecule has 0 amide bonds. The second kappa shape index (κ2) is 6.36. The first-order chi connectivity index (χ1) is 12.5. The molecular weight excluding hydrogens is 463 g/mol. The van der Waals surface area contributed by atoms with E-state index in [1.54, 1.807) is 54.9 Å². The average Bonchev–Trinajstić information content (AvgIpc) is 3.03. The number of nitrogen functional groups attached to an aromatic ring is 1. The van der Waals surface area contributed by atoms with Gasteiger partial charge in [-0.1, -0.05) is 18.2 Å². The zero-order chi connectivity index (χ0) is 18.3. The Labute approximate surface area is 163 Å². The molecule has 0 bridgehead atoms. The number of rotatable bonds is 3. The number of anilines is 1. The van der Waals surface area contributed by atoms with Gasteiger partial charge in [0.2, 0.25) is 5.95 Å². The maximum absolute atomic E-state index is 13.2. The number of hydrogen-bond donors (Lipinski definition) is 1. The van der Waals surface area contributed by atoms with Gasteiger partial charge in [-0.05, 0) is 59.0 Å². The first kappa shape index (κ1) is 17.0. The first-order valence-electron chi connectivity index (χ1n) is 7.67. The summed E-state index contributed by atoms with van der Waals surface area (Å²) in [6.07, 6.45) is 3.14. The largest absolute Gasteiger partial charge is 0.368 e. The van der Waals surface area contributed by atoms with Crippen molar-refractivity contribution in [1.82, 2.24) is 13.9 Å². The zero-order valence-corrected chi connectivity index (χ0v) is 16.3. The minimum Gasteiger partial charge on any atom is -0.368 e. The Morgan fingerprint density at radius 1 is 1.00 bits per heavy atom. The molecule has 0 radical (unpaired) electrons. The summed E-state index contributed by atoms with van der Waals surface area (Å²) in [6.45, 7) is 0. The van der Waals surface area contributed by atoms with Crippen molar-refractivity contribution in [2.24, 2.45) is 0 Å². The van der Waals surface area contributed by atoms with Crippen molar-refractivity contribution in [3.05, 3.63) is 70.6 Å². The second-order valence-corrected chi connectivity index (χ2v) is 8.68. The van der Waals surface area contributed by atoms with Crippen LogP contribution >= 0.6 is 22.6 Å². The topological polar surface area (TPSA) is 90.9 Å². The monoisotopic (exact) mass is 476 g/mol. The van der Waals surface area contributed by atoms with Crippen molar-refractivity contribution in [3.8, 4) is 11.3 Å². The molecule has 0 saturated heterocycles. The molecule has 0 aliphatic carbocycles. The fourth-order valence-corrected chi connectivity index (χ4v) is 4.53. The van der Waals surface area contributed by atoms with Crippen LogP contribution in [0.2, 0.25) is 0 Å². The fourth-order valence-electron chi connectivity index (χ4n) is 2.80. The van der Waals surface area contributed by atoms with Gasteiger partial charge in [-0.3, -0.25) is 0 Å². The lowest BCUT2D eigenvalue weighted by atomic mass is 10.1. The summed E-state index contributed by atoms with van der Waals surface area (Å²) in [4.78, 5) is 8.36. The van der Waals surface area contributed by atoms with Gasteiger partial charge in [0, 0.05) is 26.9 Å². The van der Waals surface area contributed by atoms with Gasteiger partial charge in [-0.2, -0.15) is 0 Å². The predicted octanol–water partition coefficient (Wildman–Crippen LogP) is 3.52. The smallest absolute Gasteiger partial charge is 0.268 e. The molecule has 2 heterocycles. The molecule has 0 unspecified atom stereocenters. The van der Waals surface area contributed by atoms with Crippen LogP contribution in [-0.4, -0.2) is 22.4 Å². The summed E-state index contributed by atoms with van der Waals surface area (Å²) in [5.74, 6) is 0.139. The highest BCUT2D eigenvalue weighted by Gasteiger charge is 2.22. The van der Waals surface area contributed by atoms with Crippen LogP contribution < -0.4 is 5.73 Å². The van der Waals surface area contributed by atoms with Crippen LogP contribution in [0.5, 0.6) is 0 Å². The van der Waals surface area contributed by atoms with Crippen molar-refractivity contribution in [2.45, 2.75) is 4.90 Å². The molecule has 2 N–H and O–H groups in total. The van der Waals surface area contributed by atoms with Crippen LogP contribution in [0.4, 0.5) is 5.95 Å². The van der Waals surface area contributed by atoms with Gasteiger partial charge in [-0.25, -0.2) is 22.4 Å². The minimum absolute atomic E-state index is 0.139. The molecule has 0 atom stereocenters. The molecule has 6 nitrogen and oxygen atoms in total. The van der Waals surface area contributed by atoms with E-state index in [-0.39, 0.29) is 10.8 Å². The lowest BCUT2D eigenvalue weighted by Gasteiger charge is -2.07. The van der Waals surface area contributed by atoms with Gasteiger partial charge in [0.25, 0.3) is 10.0 Å². The number of benzene rings is 2. The van der Waals surface area contributed by atoms with E-state index >= 15 is 0 Å². The Morgan fingerprint density at radius 3 is 2.46 bits per heavy atom. The number of para-hydroxylation sites is 1. The minimum atomic E-state index is -3.74. The number of hydrogen-bond acceptors (Lipinski definition) is 5. The Morgan fingerprint density at radius 2 is 1.73 bits per heavy atom. The molecule has 0 aliphatic rings. The van der Waals surface area contributed by atoms with Crippen molar-refractivity contribution in [1.29, 1.82) is 0 Å². The Bertz CT molecular complexity index is 1220.